The predicted molar refractivity (Wildman–Crippen MR) is 64.1 cm³/mol. The topological polar surface area (TPSA) is 27.7 Å². The molecule has 3 nitrogen and oxygen atoms in total. The summed E-state index contributed by atoms with van der Waals surface area (Å²) in [5.41, 5.74) is 0. The quantitative estimate of drug-likeness (QED) is 0.266. The Morgan fingerprint density at radius 2 is 1.64 bits per heavy atom. The first-order valence-corrected chi connectivity index (χ1v) is 7.03. The van der Waals surface area contributed by atoms with E-state index in [1.54, 1.807) is 0 Å². The Morgan fingerprint density at radius 1 is 1.00 bits per heavy atom. The molecule has 0 fully saturated rings. The second-order valence-corrected chi connectivity index (χ2v) is 4.46. The minimum atomic E-state index is 0.0954. The largest absolute Gasteiger partial charge is 0.376 e. The number of halogens is 2. The van der Waals surface area contributed by atoms with Gasteiger partial charge in [-0.15, -0.1) is 0 Å². The highest BCUT2D eigenvalue weighted by molar-refractivity contribution is 9.09. The summed E-state index contributed by atoms with van der Waals surface area (Å²) < 4.78 is 5.44. The van der Waals surface area contributed by atoms with Crippen molar-refractivity contribution in [2.24, 2.45) is 0 Å². The highest BCUT2D eigenvalue weighted by Crippen LogP contribution is 1.97. The van der Waals surface area contributed by atoms with E-state index in [0.29, 0.717) is 13.2 Å². The molecule has 1 atom stereocenters. The van der Waals surface area contributed by atoms with Crippen LogP contribution in [0.25, 0.3) is 0 Å². The molecule has 86 valence electrons. The van der Waals surface area contributed by atoms with Crippen LogP contribution >= 0.6 is 31.9 Å². The van der Waals surface area contributed by atoms with Crippen LogP contribution in [0.3, 0.4) is 0 Å². The fourth-order valence-electron chi connectivity index (χ4n) is 0.704. The molecule has 0 aliphatic carbocycles. The van der Waals surface area contributed by atoms with E-state index in [1.165, 1.54) is 0 Å². The molecule has 0 heterocycles. The number of rotatable bonds is 10. The van der Waals surface area contributed by atoms with Crippen molar-refractivity contribution >= 4 is 31.9 Å². The molecule has 0 bridgehead atoms. The van der Waals surface area contributed by atoms with Crippen molar-refractivity contribution in [1.29, 1.82) is 0 Å². The Morgan fingerprint density at radius 3 is 2.29 bits per heavy atom. The molecule has 0 aromatic rings. The Labute approximate surface area is 103 Å². The average Bonchev–Trinajstić information content (AvgIpc) is 2.18. The number of ether oxygens (including phenoxy) is 1. The lowest BCUT2D eigenvalue weighted by atomic mass is 10.4. The summed E-state index contributed by atoms with van der Waals surface area (Å²) in [7, 11) is 0. The molecule has 0 amide bonds. The van der Waals surface area contributed by atoms with Crippen LogP contribution in [-0.4, -0.2) is 36.6 Å². The molecule has 0 radical (unpaired) electrons. The molecule has 14 heavy (non-hydrogen) atoms. The van der Waals surface area contributed by atoms with E-state index in [4.69, 9.17) is 14.5 Å². The molecular weight excluding hydrogens is 316 g/mol. The molecule has 0 spiro atoms. The van der Waals surface area contributed by atoms with E-state index in [2.05, 4.69) is 31.9 Å². The summed E-state index contributed by atoms with van der Waals surface area (Å²) in [6.07, 6.45) is 2.08. The van der Waals surface area contributed by atoms with Gasteiger partial charge in [-0.25, -0.2) is 9.78 Å². The van der Waals surface area contributed by atoms with Gasteiger partial charge in [0.15, 0.2) is 0 Å². The van der Waals surface area contributed by atoms with Gasteiger partial charge in [0.2, 0.25) is 0 Å². The van der Waals surface area contributed by atoms with Crippen molar-refractivity contribution in [2.45, 2.75) is 25.9 Å². The lowest BCUT2D eigenvalue weighted by Crippen LogP contribution is -2.17. The summed E-state index contributed by atoms with van der Waals surface area (Å²) >= 11 is 6.65. The van der Waals surface area contributed by atoms with E-state index in [1.807, 2.05) is 6.92 Å². The van der Waals surface area contributed by atoms with Crippen LogP contribution in [0, 0.1) is 0 Å². The van der Waals surface area contributed by atoms with Crippen LogP contribution in [0.1, 0.15) is 19.8 Å². The molecule has 0 rings (SSSR count). The molecule has 0 saturated heterocycles. The molecule has 0 aromatic heterocycles. The third-order valence-electron chi connectivity index (χ3n) is 1.43. The maximum atomic E-state index is 5.44. The van der Waals surface area contributed by atoms with Gasteiger partial charge < -0.3 is 4.74 Å². The molecule has 0 N–H and O–H groups in total. The monoisotopic (exact) mass is 332 g/mol. The van der Waals surface area contributed by atoms with Gasteiger partial charge in [0.1, 0.15) is 6.61 Å². The lowest BCUT2D eigenvalue weighted by molar-refractivity contribution is -0.305. The standard InChI is InChI=1S/C9H18Br2O3/c1-9(12-6-2-4-10)8-14-13-7-3-5-11/h9H,2-8H2,1H3. The Kier molecular flexibility index (Phi) is 12.6. The number of alkyl halides is 2. The van der Waals surface area contributed by atoms with E-state index in [0.717, 1.165) is 30.1 Å². The number of hydrogen-bond donors (Lipinski definition) is 0. The molecule has 1 unspecified atom stereocenters. The van der Waals surface area contributed by atoms with Crippen molar-refractivity contribution < 1.29 is 14.5 Å². The van der Waals surface area contributed by atoms with Crippen LogP contribution in [0.5, 0.6) is 0 Å². The summed E-state index contributed by atoms with van der Waals surface area (Å²) in [4.78, 5) is 9.90. The van der Waals surface area contributed by atoms with Crippen LogP contribution in [0.15, 0.2) is 0 Å². The third-order valence-corrected chi connectivity index (χ3v) is 2.55. The van der Waals surface area contributed by atoms with Gasteiger partial charge in [0, 0.05) is 17.3 Å². The van der Waals surface area contributed by atoms with Crippen LogP contribution < -0.4 is 0 Å². The first kappa shape index (κ1) is 14.8. The number of hydrogen-bond acceptors (Lipinski definition) is 3. The third kappa shape index (κ3) is 10.9. The smallest absolute Gasteiger partial charge is 0.108 e. The maximum Gasteiger partial charge on any atom is 0.108 e. The molecule has 0 aromatic carbocycles. The van der Waals surface area contributed by atoms with Crippen molar-refractivity contribution in [3.63, 3.8) is 0 Å². The fraction of sp³-hybridized carbons (Fsp3) is 1.00. The van der Waals surface area contributed by atoms with Crippen LogP contribution in [-0.2, 0) is 14.5 Å². The summed E-state index contributed by atoms with van der Waals surface area (Å²) in [6, 6.07) is 0. The first-order chi connectivity index (χ1) is 6.81. The minimum absolute atomic E-state index is 0.0954. The highest BCUT2D eigenvalue weighted by atomic mass is 79.9. The van der Waals surface area contributed by atoms with Gasteiger partial charge in [-0.1, -0.05) is 31.9 Å². The van der Waals surface area contributed by atoms with Crippen LogP contribution in [0.2, 0.25) is 0 Å². The summed E-state index contributed by atoms with van der Waals surface area (Å²) in [5, 5.41) is 1.91. The van der Waals surface area contributed by atoms with E-state index < -0.39 is 0 Å². The van der Waals surface area contributed by atoms with E-state index >= 15 is 0 Å². The second-order valence-electron chi connectivity index (χ2n) is 2.87. The van der Waals surface area contributed by atoms with Crippen LogP contribution in [0.4, 0.5) is 0 Å². The minimum Gasteiger partial charge on any atom is -0.376 e. The Balaban J connectivity index is 3.06. The zero-order chi connectivity index (χ0) is 10.6. The first-order valence-electron chi connectivity index (χ1n) is 4.79. The molecule has 0 aliphatic rings. The van der Waals surface area contributed by atoms with Crippen molar-refractivity contribution in [3.05, 3.63) is 0 Å². The SMILES string of the molecule is CC(COOCCCBr)OCCCBr. The summed E-state index contributed by atoms with van der Waals surface area (Å²) in [6.45, 7) is 3.85. The zero-order valence-corrected chi connectivity index (χ0v) is 11.7. The molecule has 0 saturated carbocycles. The van der Waals surface area contributed by atoms with Gasteiger partial charge in [-0.05, 0) is 19.8 Å². The molecular formula is C9H18Br2O3. The Bertz CT molecular complexity index is 114. The Hall–Kier alpha value is 0.840. The highest BCUT2D eigenvalue weighted by Gasteiger charge is 2.02. The van der Waals surface area contributed by atoms with Gasteiger partial charge in [-0.3, -0.25) is 0 Å². The average molecular weight is 334 g/mol. The van der Waals surface area contributed by atoms with Gasteiger partial charge in [0.25, 0.3) is 0 Å². The lowest BCUT2D eigenvalue weighted by Gasteiger charge is -2.11. The van der Waals surface area contributed by atoms with Gasteiger partial charge in [0.05, 0.1) is 12.7 Å². The fourth-order valence-corrected chi connectivity index (χ4v) is 1.16. The van der Waals surface area contributed by atoms with Crippen molar-refractivity contribution in [1.82, 2.24) is 0 Å². The van der Waals surface area contributed by atoms with Gasteiger partial charge >= 0.3 is 0 Å². The van der Waals surface area contributed by atoms with Gasteiger partial charge in [-0.2, -0.15) is 0 Å². The van der Waals surface area contributed by atoms with E-state index in [9.17, 15) is 0 Å². The molecule has 0 aliphatic heterocycles. The van der Waals surface area contributed by atoms with Crippen molar-refractivity contribution in [3.8, 4) is 0 Å². The summed E-state index contributed by atoms with van der Waals surface area (Å²) in [5.74, 6) is 0. The van der Waals surface area contributed by atoms with E-state index in [-0.39, 0.29) is 6.10 Å². The van der Waals surface area contributed by atoms with Crippen molar-refractivity contribution in [2.75, 3.05) is 30.5 Å². The predicted octanol–water partition coefficient (Wildman–Crippen LogP) is 2.91. The molecule has 5 heteroatoms. The zero-order valence-electron chi connectivity index (χ0n) is 8.51. The normalized spacial score (nSPS) is 13.1. The second kappa shape index (κ2) is 11.9. The maximum absolute atomic E-state index is 5.44.